The number of hydrogen-bond donors (Lipinski definition) is 1. The second-order valence-electron chi connectivity index (χ2n) is 6.48. The zero-order valence-electron chi connectivity index (χ0n) is 15.4. The van der Waals surface area contributed by atoms with Crippen molar-refractivity contribution in [1.29, 1.82) is 0 Å². The molecule has 3 rings (SSSR count). The molecule has 0 aliphatic rings. The second kappa shape index (κ2) is 8.27. The summed E-state index contributed by atoms with van der Waals surface area (Å²) in [6.07, 6.45) is 0. The van der Waals surface area contributed by atoms with Crippen molar-refractivity contribution in [2.24, 2.45) is 0 Å². The average molecular weight is 449 g/mol. The van der Waals surface area contributed by atoms with Crippen LogP contribution in [0.4, 0.5) is 5.69 Å². The summed E-state index contributed by atoms with van der Waals surface area (Å²) in [6, 6.07) is 11.3. The molecule has 1 N–H and O–H groups in total. The molecule has 1 amide bonds. The van der Waals surface area contributed by atoms with Crippen LogP contribution in [0.15, 0.2) is 45.7 Å². The summed E-state index contributed by atoms with van der Waals surface area (Å²) >= 11 is 4.67. The Kier molecular flexibility index (Phi) is 6.01. The van der Waals surface area contributed by atoms with E-state index in [0.29, 0.717) is 23.9 Å². The van der Waals surface area contributed by atoms with Crippen LogP contribution in [0.3, 0.4) is 0 Å². The molecule has 1 aromatic heterocycles. The Morgan fingerprint density at radius 3 is 2.70 bits per heavy atom. The summed E-state index contributed by atoms with van der Waals surface area (Å²) in [5, 5.41) is 2.82. The van der Waals surface area contributed by atoms with Gasteiger partial charge in [0.1, 0.15) is 5.75 Å². The average Bonchev–Trinajstić information content (AvgIpc) is 2.94. The minimum absolute atomic E-state index is 0.00834. The Hall–Kier alpha value is -2.12. The van der Waals surface area contributed by atoms with Gasteiger partial charge in [0.05, 0.1) is 14.7 Å². The summed E-state index contributed by atoms with van der Waals surface area (Å²) in [5.41, 5.74) is 2.73. The van der Waals surface area contributed by atoms with E-state index in [-0.39, 0.29) is 17.4 Å². The molecule has 0 bridgehead atoms. The maximum Gasteiger partial charge on any atom is 0.308 e. The van der Waals surface area contributed by atoms with E-state index in [4.69, 9.17) is 4.74 Å². The summed E-state index contributed by atoms with van der Waals surface area (Å²) in [7, 11) is 0. The number of hydrogen-bond acceptors (Lipinski definition) is 4. The van der Waals surface area contributed by atoms with Crippen molar-refractivity contribution < 1.29 is 9.53 Å². The molecule has 7 heteroatoms. The van der Waals surface area contributed by atoms with Crippen LogP contribution in [0.2, 0.25) is 0 Å². The molecule has 1 heterocycles. The van der Waals surface area contributed by atoms with E-state index in [2.05, 4.69) is 35.1 Å². The van der Waals surface area contributed by atoms with E-state index < -0.39 is 0 Å². The first-order chi connectivity index (χ1) is 12.9. The van der Waals surface area contributed by atoms with Gasteiger partial charge >= 0.3 is 4.87 Å². The predicted molar refractivity (Wildman–Crippen MR) is 114 cm³/mol. The molecule has 5 nitrogen and oxygen atoms in total. The zero-order valence-corrected chi connectivity index (χ0v) is 17.8. The first-order valence-electron chi connectivity index (χ1n) is 8.74. The van der Waals surface area contributed by atoms with Crippen molar-refractivity contribution >= 4 is 49.1 Å². The molecule has 0 spiro atoms. The first-order valence-corrected chi connectivity index (χ1v) is 10.4. The largest absolute Gasteiger partial charge is 0.483 e. The lowest BCUT2D eigenvalue weighted by Gasteiger charge is -2.11. The molecule has 3 aromatic rings. The van der Waals surface area contributed by atoms with Crippen molar-refractivity contribution in [2.45, 2.75) is 33.2 Å². The number of halogens is 1. The monoisotopic (exact) mass is 448 g/mol. The van der Waals surface area contributed by atoms with Crippen LogP contribution in [0, 0.1) is 0 Å². The van der Waals surface area contributed by atoms with Gasteiger partial charge in [0.25, 0.3) is 5.91 Å². The van der Waals surface area contributed by atoms with E-state index in [1.165, 1.54) is 16.9 Å². The third-order valence-corrected chi connectivity index (χ3v) is 5.81. The molecule has 142 valence electrons. The number of nitrogens with one attached hydrogen (secondary N) is 1. The number of anilines is 1. The number of fused-ring (bicyclic) bond motifs is 1. The number of aromatic nitrogens is 1. The Labute approximate surface area is 170 Å². The molecule has 0 fully saturated rings. The highest BCUT2D eigenvalue weighted by Gasteiger charge is 2.10. The number of ether oxygens (including phenoxy) is 1. The molecule has 27 heavy (non-hydrogen) atoms. The molecule has 0 unspecified atom stereocenters. The number of thiazole rings is 1. The van der Waals surface area contributed by atoms with Gasteiger partial charge in [-0.05, 0) is 64.7 Å². The highest BCUT2D eigenvalue weighted by atomic mass is 79.9. The maximum atomic E-state index is 12.2. The third kappa shape index (κ3) is 4.42. The molecule has 0 aliphatic heterocycles. The Morgan fingerprint density at radius 2 is 2.04 bits per heavy atom. The highest BCUT2D eigenvalue weighted by molar-refractivity contribution is 9.10. The van der Waals surface area contributed by atoms with Crippen LogP contribution in [-0.4, -0.2) is 17.1 Å². The van der Waals surface area contributed by atoms with Gasteiger partial charge in [-0.25, -0.2) is 0 Å². The molecular weight excluding hydrogens is 428 g/mol. The Morgan fingerprint density at radius 1 is 1.26 bits per heavy atom. The van der Waals surface area contributed by atoms with E-state index in [1.54, 1.807) is 10.6 Å². The number of nitrogens with zero attached hydrogens (tertiary/aromatic N) is 1. The molecule has 0 saturated heterocycles. The number of rotatable bonds is 6. The normalized spacial score (nSPS) is 11.1. The fraction of sp³-hybridized carbons (Fsp3) is 0.300. The summed E-state index contributed by atoms with van der Waals surface area (Å²) in [6.45, 7) is 6.72. The second-order valence-corrected chi connectivity index (χ2v) is 8.32. The Balaban J connectivity index is 1.66. The topological polar surface area (TPSA) is 60.3 Å². The van der Waals surface area contributed by atoms with Crippen molar-refractivity contribution in [1.82, 2.24) is 4.57 Å². The van der Waals surface area contributed by atoms with Crippen LogP contribution in [0.25, 0.3) is 10.2 Å². The number of benzene rings is 2. The number of carbonyl (C=O) groups is 1. The van der Waals surface area contributed by atoms with Gasteiger partial charge in [0, 0.05) is 12.2 Å². The fourth-order valence-corrected chi connectivity index (χ4v) is 4.28. The van der Waals surface area contributed by atoms with Gasteiger partial charge in [-0.2, -0.15) is 0 Å². The summed E-state index contributed by atoms with van der Waals surface area (Å²) < 4.78 is 9.02. The van der Waals surface area contributed by atoms with Gasteiger partial charge in [-0.3, -0.25) is 14.2 Å². The lowest BCUT2D eigenvalue weighted by Crippen LogP contribution is -2.20. The van der Waals surface area contributed by atoms with Crippen LogP contribution in [0.5, 0.6) is 5.75 Å². The van der Waals surface area contributed by atoms with E-state index in [9.17, 15) is 9.59 Å². The van der Waals surface area contributed by atoms with E-state index in [0.717, 1.165) is 14.7 Å². The van der Waals surface area contributed by atoms with Crippen molar-refractivity contribution in [3.8, 4) is 5.75 Å². The predicted octanol–water partition coefficient (Wildman–Crippen LogP) is 4.99. The quantitative estimate of drug-likeness (QED) is 0.577. The molecule has 0 aliphatic carbocycles. The molecule has 0 saturated carbocycles. The molecule has 0 radical (unpaired) electrons. The van der Waals surface area contributed by atoms with Crippen molar-refractivity contribution in [3.63, 3.8) is 0 Å². The number of carbonyl (C=O) groups excluding carboxylic acids is 1. The maximum absolute atomic E-state index is 12.2. The lowest BCUT2D eigenvalue weighted by atomic mass is 10.0. The number of aryl methyl sites for hydroxylation is 1. The Bertz CT molecular complexity index is 1040. The van der Waals surface area contributed by atoms with E-state index in [1.807, 2.05) is 37.3 Å². The van der Waals surface area contributed by atoms with Crippen LogP contribution >= 0.6 is 27.3 Å². The first kappa shape index (κ1) is 19.6. The van der Waals surface area contributed by atoms with Crippen molar-refractivity contribution in [2.75, 3.05) is 11.9 Å². The molecular formula is C20H21BrN2O3S. The zero-order chi connectivity index (χ0) is 19.6. The lowest BCUT2D eigenvalue weighted by molar-refractivity contribution is -0.118. The third-order valence-electron chi connectivity index (χ3n) is 4.25. The molecule has 0 atom stereocenters. The number of amides is 1. The van der Waals surface area contributed by atoms with Gasteiger partial charge in [-0.15, -0.1) is 0 Å². The van der Waals surface area contributed by atoms with E-state index >= 15 is 0 Å². The summed E-state index contributed by atoms with van der Waals surface area (Å²) in [5.74, 6) is 0.798. The minimum atomic E-state index is -0.253. The van der Waals surface area contributed by atoms with Crippen LogP contribution in [0.1, 0.15) is 32.3 Å². The van der Waals surface area contributed by atoms with Gasteiger partial charge in [0.15, 0.2) is 6.61 Å². The van der Waals surface area contributed by atoms with Crippen molar-refractivity contribution in [3.05, 3.63) is 56.1 Å². The fourth-order valence-electron chi connectivity index (χ4n) is 2.78. The van der Waals surface area contributed by atoms with Gasteiger partial charge in [0.2, 0.25) is 0 Å². The minimum Gasteiger partial charge on any atom is -0.483 e. The highest BCUT2D eigenvalue weighted by Crippen LogP contribution is 2.29. The molecule has 2 aromatic carbocycles. The van der Waals surface area contributed by atoms with Crippen LogP contribution < -0.4 is 14.9 Å². The summed E-state index contributed by atoms with van der Waals surface area (Å²) in [4.78, 5) is 24.2. The standard InChI is InChI=1S/C20H21BrN2O3S/c1-4-23-16-7-6-14(10-18(16)27-20(23)25)22-19(24)11-26-17-8-5-13(12(2)3)9-15(17)21/h5-10,12H,4,11H2,1-3H3,(H,22,24). The smallest absolute Gasteiger partial charge is 0.308 e. The van der Waals surface area contributed by atoms with Crippen LogP contribution in [-0.2, 0) is 11.3 Å². The SMILES string of the molecule is CCn1c(=O)sc2cc(NC(=O)COc3ccc(C(C)C)cc3Br)ccc21. The van der Waals surface area contributed by atoms with Gasteiger partial charge < -0.3 is 10.1 Å². The van der Waals surface area contributed by atoms with Gasteiger partial charge in [-0.1, -0.05) is 31.3 Å².